The molecule has 0 spiro atoms. The Morgan fingerprint density at radius 3 is 2.48 bits per heavy atom. The monoisotopic (exact) mass is 348 g/mol. The largest absolute Gasteiger partial charge is 0.482 e. The van der Waals surface area contributed by atoms with Crippen LogP contribution < -0.4 is 15.4 Å². The number of hydrogen-bond acceptors (Lipinski definition) is 5. The van der Waals surface area contributed by atoms with Crippen LogP contribution in [0.5, 0.6) is 5.75 Å². The zero-order valence-corrected chi connectivity index (χ0v) is 14.3. The van der Waals surface area contributed by atoms with Crippen molar-refractivity contribution < 1.29 is 23.9 Å². The lowest BCUT2D eigenvalue weighted by Gasteiger charge is -2.23. The fourth-order valence-corrected chi connectivity index (χ4v) is 2.63. The van der Waals surface area contributed by atoms with Crippen LogP contribution in [0.4, 0.5) is 4.79 Å². The normalized spacial score (nSPS) is 15.7. The lowest BCUT2D eigenvalue weighted by Crippen LogP contribution is -2.48. The number of ether oxygens (including phenoxy) is 2. The third-order valence-corrected chi connectivity index (χ3v) is 3.95. The summed E-state index contributed by atoms with van der Waals surface area (Å²) in [6.07, 6.45) is 4.09. The van der Waals surface area contributed by atoms with Crippen LogP contribution in [0.25, 0.3) is 0 Å². The van der Waals surface area contributed by atoms with E-state index in [0.29, 0.717) is 5.75 Å². The van der Waals surface area contributed by atoms with Crippen molar-refractivity contribution in [2.75, 3.05) is 6.61 Å². The Hall–Kier alpha value is -2.57. The molecule has 2 N–H and O–H groups in total. The molecule has 0 aliphatic heterocycles. The first-order valence-electron chi connectivity index (χ1n) is 8.53. The summed E-state index contributed by atoms with van der Waals surface area (Å²) in [6.45, 7) is 1.10. The topological polar surface area (TPSA) is 93.7 Å². The maximum absolute atomic E-state index is 11.9. The molecule has 0 aromatic heterocycles. The van der Waals surface area contributed by atoms with Crippen LogP contribution in [-0.2, 0) is 14.3 Å². The van der Waals surface area contributed by atoms with E-state index in [-0.39, 0.29) is 12.6 Å². The van der Waals surface area contributed by atoms with Gasteiger partial charge >= 0.3 is 12.0 Å². The molecular formula is C18H24N2O5. The van der Waals surface area contributed by atoms with Crippen LogP contribution in [0.2, 0.25) is 0 Å². The Balaban J connectivity index is 1.68. The first-order valence-corrected chi connectivity index (χ1v) is 8.53. The van der Waals surface area contributed by atoms with Crippen molar-refractivity contribution in [3.8, 4) is 5.75 Å². The Bertz CT molecular complexity index is 584. The average molecular weight is 348 g/mol. The molecule has 0 unspecified atom stereocenters. The predicted molar refractivity (Wildman–Crippen MR) is 91.0 cm³/mol. The summed E-state index contributed by atoms with van der Waals surface area (Å²) in [5, 5.41) is 4.97. The van der Waals surface area contributed by atoms with Crippen molar-refractivity contribution in [3.63, 3.8) is 0 Å². The number of hydrogen-bond donors (Lipinski definition) is 2. The molecule has 1 aromatic rings. The third-order valence-electron chi connectivity index (χ3n) is 3.95. The molecule has 0 saturated heterocycles. The highest BCUT2D eigenvalue weighted by Gasteiger charge is 2.22. The minimum Gasteiger partial charge on any atom is -0.482 e. The van der Waals surface area contributed by atoms with Gasteiger partial charge in [-0.25, -0.2) is 9.59 Å². The number of carbonyl (C=O) groups is 3. The number of urea groups is 1. The molecule has 1 aliphatic rings. The smallest absolute Gasteiger partial charge is 0.344 e. The maximum atomic E-state index is 11.9. The first kappa shape index (κ1) is 18.8. The summed E-state index contributed by atoms with van der Waals surface area (Å²) in [5.41, 5.74) is 0. The van der Waals surface area contributed by atoms with Crippen LogP contribution in [0.3, 0.4) is 0 Å². The van der Waals surface area contributed by atoms with E-state index in [0.717, 1.165) is 25.7 Å². The van der Waals surface area contributed by atoms with Gasteiger partial charge in [-0.05, 0) is 31.9 Å². The maximum Gasteiger partial charge on any atom is 0.344 e. The average Bonchev–Trinajstić information content (AvgIpc) is 2.61. The van der Waals surface area contributed by atoms with Gasteiger partial charge in [-0.1, -0.05) is 37.5 Å². The summed E-state index contributed by atoms with van der Waals surface area (Å²) in [6, 6.07) is 8.34. The molecule has 1 aromatic carbocycles. The number of nitrogens with one attached hydrogen (secondary N) is 2. The van der Waals surface area contributed by atoms with Crippen LogP contribution in [0, 0.1) is 0 Å². The molecule has 1 fully saturated rings. The Labute approximate surface area is 147 Å². The highest BCUT2D eigenvalue weighted by atomic mass is 16.6. The predicted octanol–water partition coefficient (Wildman–Crippen LogP) is 2.16. The van der Waals surface area contributed by atoms with E-state index >= 15 is 0 Å². The second kappa shape index (κ2) is 9.66. The van der Waals surface area contributed by atoms with Crippen LogP contribution in [-0.4, -0.2) is 36.7 Å². The summed E-state index contributed by atoms with van der Waals surface area (Å²) >= 11 is 0. The second-order valence-electron chi connectivity index (χ2n) is 6.03. The summed E-state index contributed by atoms with van der Waals surface area (Å²) < 4.78 is 10.2. The number of carbonyl (C=O) groups excluding carboxylic acids is 3. The molecule has 1 saturated carbocycles. The molecule has 2 rings (SSSR count). The number of benzene rings is 1. The minimum atomic E-state index is -1.08. The molecule has 0 heterocycles. The van der Waals surface area contributed by atoms with Crippen molar-refractivity contribution in [2.24, 2.45) is 0 Å². The number of rotatable bonds is 6. The van der Waals surface area contributed by atoms with Gasteiger partial charge in [0.15, 0.2) is 12.7 Å². The van der Waals surface area contributed by atoms with Gasteiger partial charge in [0.05, 0.1) is 0 Å². The van der Waals surface area contributed by atoms with E-state index in [1.807, 2.05) is 6.07 Å². The molecule has 7 heteroatoms. The van der Waals surface area contributed by atoms with E-state index in [9.17, 15) is 14.4 Å². The van der Waals surface area contributed by atoms with Crippen molar-refractivity contribution in [1.29, 1.82) is 0 Å². The highest BCUT2D eigenvalue weighted by Crippen LogP contribution is 2.17. The van der Waals surface area contributed by atoms with Crippen molar-refractivity contribution in [1.82, 2.24) is 10.6 Å². The number of imide groups is 1. The third kappa shape index (κ3) is 6.82. The van der Waals surface area contributed by atoms with Crippen LogP contribution >= 0.6 is 0 Å². The van der Waals surface area contributed by atoms with Gasteiger partial charge in [0.25, 0.3) is 5.91 Å². The molecular weight excluding hydrogens is 324 g/mol. The van der Waals surface area contributed by atoms with Crippen molar-refractivity contribution in [3.05, 3.63) is 30.3 Å². The summed E-state index contributed by atoms with van der Waals surface area (Å²) in [4.78, 5) is 35.4. The van der Waals surface area contributed by atoms with Gasteiger partial charge < -0.3 is 14.8 Å². The summed E-state index contributed by atoms with van der Waals surface area (Å²) in [7, 11) is 0. The molecule has 0 bridgehead atoms. The zero-order valence-electron chi connectivity index (χ0n) is 14.3. The first-order chi connectivity index (χ1) is 12.0. The lowest BCUT2D eigenvalue weighted by molar-refractivity contribution is -0.156. The molecule has 136 valence electrons. The number of amides is 3. The summed E-state index contributed by atoms with van der Waals surface area (Å²) in [5.74, 6) is -0.816. The van der Waals surface area contributed by atoms with Crippen LogP contribution in [0.15, 0.2) is 30.3 Å². The number of para-hydroxylation sites is 1. The van der Waals surface area contributed by atoms with Gasteiger partial charge in [-0.15, -0.1) is 0 Å². The molecule has 3 amide bonds. The van der Waals surface area contributed by atoms with E-state index < -0.39 is 24.0 Å². The van der Waals surface area contributed by atoms with Gasteiger partial charge in [0, 0.05) is 6.04 Å². The van der Waals surface area contributed by atoms with Gasteiger partial charge in [0.2, 0.25) is 0 Å². The van der Waals surface area contributed by atoms with Gasteiger partial charge in [-0.2, -0.15) is 0 Å². The lowest BCUT2D eigenvalue weighted by atomic mass is 9.96. The highest BCUT2D eigenvalue weighted by molar-refractivity contribution is 5.97. The SMILES string of the molecule is C[C@@H](OC(=O)COc1ccccc1)C(=O)NC(=O)NC1CCCCC1. The standard InChI is InChI=1S/C18H24N2O5/c1-13(25-16(21)12-24-15-10-6-3-7-11-15)17(22)20-18(23)19-14-8-4-2-5-9-14/h3,6-7,10-11,13-14H,2,4-5,8-9,12H2,1H3,(H2,19,20,22,23)/t13-/m1/s1. The molecule has 0 radical (unpaired) electrons. The second-order valence-corrected chi connectivity index (χ2v) is 6.03. The fraction of sp³-hybridized carbons (Fsp3) is 0.500. The Morgan fingerprint density at radius 1 is 1.12 bits per heavy atom. The van der Waals surface area contributed by atoms with Crippen LogP contribution in [0.1, 0.15) is 39.0 Å². The molecule has 1 aliphatic carbocycles. The van der Waals surface area contributed by atoms with Crippen molar-refractivity contribution >= 4 is 17.9 Å². The van der Waals surface area contributed by atoms with E-state index in [4.69, 9.17) is 9.47 Å². The molecule has 1 atom stereocenters. The van der Waals surface area contributed by atoms with E-state index in [1.54, 1.807) is 24.3 Å². The Morgan fingerprint density at radius 2 is 1.80 bits per heavy atom. The van der Waals surface area contributed by atoms with Crippen molar-refractivity contribution in [2.45, 2.75) is 51.2 Å². The van der Waals surface area contributed by atoms with Gasteiger partial charge in [-0.3, -0.25) is 10.1 Å². The zero-order chi connectivity index (χ0) is 18.1. The van der Waals surface area contributed by atoms with E-state index in [1.165, 1.54) is 13.3 Å². The van der Waals surface area contributed by atoms with E-state index in [2.05, 4.69) is 10.6 Å². The van der Waals surface area contributed by atoms with Gasteiger partial charge in [0.1, 0.15) is 5.75 Å². The minimum absolute atomic E-state index is 0.0960. The fourth-order valence-electron chi connectivity index (χ4n) is 2.63. The number of esters is 1. The molecule has 7 nitrogen and oxygen atoms in total. The molecule has 25 heavy (non-hydrogen) atoms. The quantitative estimate of drug-likeness (QED) is 0.768. The Kier molecular flexibility index (Phi) is 7.25.